The lowest BCUT2D eigenvalue weighted by Crippen LogP contribution is -2.05. The standard InChI is InChI=1S/C31H32O7S/c1-3-30(32)37-23-7-5-4-6-22-36-26-13-10-25(11-14-26)12-21-31(33)38-27-15-19-29(20-16-27)39(34,35)28-17-8-24(2)9-18-28/h3,8-21H,1,4-7,22-23H2,2H3. The Bertz CT molecular complexity index is 1370. The van der Waals surface area contributed by atoms with Crippen LogP contribution in [0.15, 0.2) is 101 Å². The molecule has 0 saturated heterocycles. The Hall–Kier alpha value is -4.17. The van der Waals surface area contributed by atoms with Crippen LogP contribution >= 0.6 is 0 Å². The summed E-state index contributed by atoms with van der Waals surface area (Å²) in [7, 11) is -3.65. The molecule has 0 heterocycles. The predicted octanol–water partition coefficient (Wildman–Crippen LogP) is 6.12. The van der Waals surface area contributed by atoms with Gasteiger partial charge in [0.05, 0.1) is 23.0 Å². The second kappa shape index (κ2) is 14.7. The number of benzene rings is 3. The highest BCUT2D eigenvalue weighted by molar-refractivity contribution is 7.91. The average Bonchev–Trinajstić information content (AvgIpc) is 2.94. The van der Waals surface area contributed by atoms with E-state index in [0.717, 1.165) is 48.6 Å². The summed E-state index contributed by atoms with van der Waals surface area (Å²) in [5, 5.41) is 0. The molecule has 0 aromatic heterocycles. The summed E-state index contributed by atoms with van der Waals surface area (Å²) in [6, 6.07) is 19.7. The third-order valence-corrected chi connectivity index (χ3v) is 7.48. The molecule has 3 rings (SSSR count). The zero-order valence-corrected chi connectivity index (χ0v) is 22.7. The predicted molar refractivity (Wildman–Crippen MR) is 149 cm³/mol. The molecule has 0 aliphatic heterocycles. The van der Waals surface area contributed by atoms with Crippen LogP contribution in [0.25, 0.3) is 6.08 Å². The summed E-state index contributed by atoms with van der Waals surface area (Å²) >= 11 is 0. The van der Waals surface area contributed by atoms with Crippen LogP contribution in [0.4, 0.5) is 0 Å². The van der Waals surface area contributed by atoms with Crippen LogP contribution in [0.1, 0.15) is 36.8 Å². The summed E-state index contributed by atoms with van der Waals surface area (Å²) in [5.74, 6) is 0.000562. The van der Waals surface area contributed by atoms with Crippen LogP contribution in [0.2, 0.25) is 0 Å². The van der Waals surface area contributed by atoms with Crippen LogP contribution < -0.4 is 9.47 Å². The molecule has 3 aromatic rings. The van der Waals surface area contributed by atoms with E-state index in [1.807, 2.05) is 31.2 Å². The fraction of sp³-hybridized carbons (Fsp3) is 0.226. The molecule has 8 heteroatoms. The van der Waals surface area contributed by atoms with E-state index in [9.17, 15) is 18.0 Å². The Labute approximate surface area is 229 Å². The van der Waals surface area contributed by atoms with Gasteiger partial charge in [0.1, 0.15) is 11.5 Å². The summed E-state index contributed by atoms with van der Waals surface area (Å²) in [6.07, 6.45) is 7.71. The van der Waals surface area contributed by atoms with Crippen molar-refractivity contribution in [3.8, 4) is 11.5 Å². The molecule has 0 unspecified atom stereocenters. The third-order valence-electron chi connectivity index (χ3n) is 5.69. The van der Waals surface area contributed by atoms with E-state index in [4.69, 9.17) is 14.2 Å². The number of carbonyl (C=O) groups is 2. The minimum atomic E-state index is -3.65. The van der Waals surface area contributed by atoms with Gasteiger partial charge in [-0.2, -0.15) is 0 Å². The lowest BCUT2D eigenvalue weighted by Gasteiger charge is -2.07. The number of carbonyl (C=O) groups excluding carboxylic acids is 2. The van der Waals surface area contributed by atoms with Crippen LogP contribution in [-0.4, -0.2) is 33.6 Å². The Kier molecular flexibility index (Phi) is 11.1. The van der Waals surface area contributed by atoms with E-state index in [1.165, 1.54) is 30.3 Å². The van der Waals surface area contributed by atoms with E-state index in [1.54, 1.807) is 30.3 Å². The monoisotopic (exact) mass is 548 g/mol. The number of hydrogen-bond donors (Lipinski definition) is 0. The average molecular weight is 549 g/mol. The highest BCUT2D eigenvalue weighted by atomic mass is 32.2. The fourth-order valence-electron chi connectivity index (χ4n) is 3.51. The first-order chi connectivity index (χ1) is 18.8. The highest BCUT2D eigenvalue weighted by Crippen LogP contribution is 2.23. The van der Waals surface area contributed by atoms with Gasteiger partial charge in [0, 0.05) is 12.2 Å². The molecule has 0 N–H and O–H groups in total. The maximum Gasteiger partial charge on any atom is 0.336 e. The number of ether oxygens (including phenoxy) is 3. The highest BCUT2D eigenvalue weighted by Gasteiger charge is 2.17. The molecule has 0 saturated carbocycles. The van der Waals surface area contributed by atoms with Crippen molar-refractivity contribution in [1.29, 1.82) is 0 Å². The van der Waals surface area contributed by atoms with Crippen LogP contribution in [0, 0.1) is 6.92 Å². The second-order valence-electron chi connectivity index (χ2n) is 8.75. The zero-order chi connectivity index (χ0) is 28.1. The molecule has 0 amide bonds. The maximum absolute atomic E-state index is 12.8. The van der Waals surface area contributed by atoms with Gasteiger partial charge in [0.15, 0.2) is 0 Å². The zero-order valence-electron chi connectivity index (χ0n) is 21.9. The third kappa shape index (κ3) is 9.57. The number of esters is 2. The van der Waals surface area contributed by atoms with E-state index in [-0.39, 0.29) is 15.5 Å². The number of aryl methyl sites for hydroxylation is 1. The number of hydrogen-bond acceptors (Lipinski definition) is 7. The topological polar surface area (TPSA) is 96.0 Å². The van der Waals surface area contributed by atoms with Gasteiger partial charge in [-0.1, -0.05) is 36.4 Å². The van der Waals surface area contributed by atoms with E-state index < -0.39 is 21.8 Å². The summed E-state index contributed by atoms with van der Waals surface area (Å²) < 4.78 is 41.5. The van der Waals surface area contributed by atoms with Crippen molar-refractivity contribution in [2.24, 2.45) is 0 Å². The van der Waals surface area contributed by atoms with Crippen LogP contribution in [0.3, 0.4) is 0 Å². The van der Waals surface area contributed by atoms with Crippen molar-refractivity contribution in [2.75, 3.05) is 13.2 Å². The molecule has 3 aromatic carbocycles. The van der Waals surface area contributed by atoms with Gasteiger partial charge in [-0.05, 0) is 92.8 Å². The molecule has 0 bridgehead atoms. The Morgan fingerprint density at radius 3 is 1.92 bits per heavy atom. The summed E-state index contributed by atoms with van der Waals surface area (Å²) in [5.41, 5.74) is 1.77. The normalized spacial score (nSPS) is 11.2. The van der Waals surface area contributed by atoms with Gasteiger partial charge < -0.3 is 14.2 Å². The van der Waals surface area contributed by atoms with Gasteiger partial charge in [0.25, 0.3) is 0 Å². The van der Waals surface area contributed by atoms with Crippen molar-refractivity contribution < 1.29 is 32.2 Å². The lowest BCUT2D eigenvalue weighted by molar-refractivity contribution is -0.137. The quantitative estimate of drug-likeness (QED) is 0.104. The fourth-order valence-corrected chi connectivity index (χ4v) is 4.77. The molecule has 0 fully saturated rings. The molecule has 204 valence electrons. The van der Waals surface area contributed by atoms with Gasteiger partial charge in [-0.15, -0.1) is 0 Å². The molecule has 0 atom stereocenters. The van der Waals surface area contributed by atoms with Crippen molar-refractivity contribution in [3.05, 3.63) is 103 Å². The Morgan fingerprint density at radius 1 is 0.744 bits per heavy atom. The largest absolute Gasteiger partial charge is 0.494 e. The molecule has 0 aliphatic carbocycles. The van der Waals surface area contributed by atoms with Crippen molar-refractivity contribution in [2.45, 2.75) is 42.4 Å². The Balaban J connectivity index is 1.40. The molecule has 0 spiro atoms. The SMILES string of the molecule is C=CC(=O)OCCCCCCOc1ccc(C=CC(=O)Oc2ccc(S(=O)(=O)c3ccc(C)cc3)cc2)cc1. The molecule has 7 nitrogen and oxygen atoms in total. The van der Waals surface area contributed by atoms with Crippen LogP contribution in [-0.2, 0) is 24.2 Å². The lowest BCUT2D eigenvalue weighted by atomic mass is 10.2. The molecular weight excluding hydrogens is 516 g/mol. The summed E-state index contributed by atoms with van der Waals surface area (Å²) in [4.78, 5) is 23.5. The molecule has 0 aliphatic rings. The summed E-state index contributed by atoms with van der Waals surface area (Å²) in [6.45, 7) is 6.23. The molecular formula is C31H32O7S. The van der Waals surface area contributed by atoms with E-state index in [2.05, 4.69) is 6.58 Å². The second-order valence-corrected chi connectivity index (χ2v) is 10.7. The smallest absolute Gasteiger partial charge is 0.336 e. The maximum atomic E-state index is 12.8. The van der Waals surface area contributed by atoms with Gasteiger partial charge in [-0.3, -0.25) is 0 Å². The minimum absolute atomic E-state index is 0.121. The first kappa shape index (κ1) is 29.4. The van der Waals surface area contributed by atoms with Crippen molar-refractivity contribution in [3.63, 3.8) is 0 Å². The van der Waals surface area contributed by atoms with E-state index >= 15 is 0 Å². The first-order valence-corrected chi connectivity index (χ1v) is 14.1. The van der Waals surface area contributed by atoms with Gasteiger partial charge in [0.2, 0.25) is 9.84 Å². The first-order valence-electron chi connectivity index (χ1n) is 12.6. The van der Waals surface area contributed by atoms with Gasteiger partial charge >= 0.3 is 11.9 Å². The number of rotatable bonds is 14. The van der Waals surface area contributed by atoms with Crippen LogP contribution in [0.5, 0.6) is 11.5 Å². The van der Waals surface area contributed by atoms with Crippen molar-refractivity contribution in [1.82, 2.24) is 0 Å². The minimum Gasteiger partial charge on any atom is -0.494 e. The Morgan fingerprint density at radius 2 is 1.31 bits per heavy atom. The molecule has 39 heavy (non-hydrogen) atoms. The molecule has 0 radical (unpaired) electrons. The van der Waals surface area contributed by atoms with Crippen molar-refractivity contribution >= 4 is 27.9 Å². The van der Waals surface area contributed by atoms with E-state index in [0.29, 0.717) is 13.2 Å². The number of unbranched alkanes of at least 4 members (excludes halogenated alkanes) is 3. The number of sulfone groups is 1. The van der Waals surface area contributed by atoms with Gasteiger partial charge in [-0.25, -0.2) is 18.0 Å².